The Morgan fingerprint density at radius 2 is 1.91 bits per heavy atom. The predicted octanol–water partition coefficient (Wildman–Crippen LogP) is 5.98. The number of thiophene rings is 1. The van der Waals surface area contributed by atoms with Crippen LogP contribution in [0.3, 0.4) is 0 Å². The zero-order valence-corrected chi connectivity index (χ0v) is 19.3. The maximum Gasteiger partial charge on any atom is 0.410 e. The van der Waals surface area contributed by atoms with Crippen molar-refractivity contribution in [2.45, 2.75) is 32.9 Å². The summed E-state index contributed by atoms with van der Waals surface area (Å²) in [6, 6.07) is 15.1. The van der Waals surface area contributed by atoms with Crippen molar-refractivity contribution in [3.63, 3.8) is 0 Å². The average Bonchev–Trinajstić information content (AvgIpc) is 3.40. The van der Waals surface area contributed by atoms with E-state index in [-0.39, 0.29) is 6.09 Å². The van der Waals surface area contributed by atoms with Gasteiger partial charge in [-0.1, -0.05) is 6.07 Å². The van der Waals surface area contributed by atoms with E-state index in [1.807, 2.05) is 31.5 Å². The topological polar surface area (TPSA) is 50.6 Å². The second-order valence-corrected chi connectivity index (χ2v) is 9.93. The van der Waals surface area contributed by atoms with Crippen LogP contribution in [0.4, 0.5) is 16.2 Å². The molecule has 4 aromatic rings. The van der Waals surface area contributed by atoms with E-state index < -0.39 is 5.60 Å². The van der Waals surface area contributed by atoms with Crippen molar-refractivity contribution in [3.8, 4) is 5.69 Å². The lowest BCUT2D eigenvalue weighted by molar-refractivity contribution is 0.0244. The fourth-order valence-electron chi connectivity index (χ4n) is 4.02. The molecule has 1 aliphatic heterocycles. The number of benzene rings is 2. The monoisotopic (exact) mass is 446 g/mol. The van der Waals surface area contributed by atoms with Crippen LogP contribution >= 0.6 is 11.3 Å². The molecule has 0 saturated carbocycles. The Balaban J connectivity index is 1.56. The third-order valence-electron chi connectivity index (χ3n) is 5.51. The Morgan fingerprint density at radius 1 is 1.06 bits per heavy atom. The Kier molecular flexibility index (Phi) is 5.13. The van der Waals surface area contributed by atoms with Crippen LogP contribution in [-0.2, 0) is 11.3 Å². The van der Waals surface area contributed by atoms with Crippen LogP contribution in [0.2, 0.25) is 0 Å². The molecule has 0 aliphatic carbocycles. The third-order valence-corrected chi connectivity index (χ3v) is 6.39. The second kappa shape index (κ2) is 7.98. The summed E-state index contributed by atoms with van der Waals surface area (Å²) in [6.07, 6.45) is 5.19. The van der Waals surface area contributed by atoms with Gasteiger partial charge in [0.15, 0.2) is 0 Å². The summed E-state index contributed by atoms with van der Waals surface area (Å²) in [5, 5.41) is 3.37. The van der Waals surface area contributed by atoms with E-state index in [1.54, 1.807) is 28.8 Å². The highest BCUT2D eigenvalue weighted by molar-refractivity contribution is 7.17. The number of aromatic nitrogens is 2. The molecule has 164 valence electrons. The van der Waals surface area contributed by atoms with E-state index in [9.17, 15) is 4.79 Å². The summed E-state index contributed by atoms with van der Waals surface area (Å²) < 4.78 is 8.93. The highest BCUT2D eigenvalue weighted by Gasteiger charge is 2.28. The summed E-state index contributed by atoms with van der Waals surface area (Å²) in [7, 11) is 0. The van der Waals surface area contributed by atoms with Gasteiger partial charge in [0.25, 0.3) is 0 Å². The molecule has 1 aliphatic rings. The van der Waals surface area contributed by atoms with Crippen molar-refractivity contribution in [1.82, 2.24) is 14.5 Å². The highest BCUT2D eigenvalue weighted by atomic mass is 32.1. The summed E-state index contributed by atoms with van der Waals surface area (Å²) in [6.45, 7) is 7.45. The van der Waals surface area contributed by atoms with Gasteiger partial charge in [0.2, 0.25) is 0 Å². The number of ether oxygens (including phenoxy) is 1. The van der Waals surface area contributed by atoms with E-state index in [1.165, 1.54) is 10.1 Å². The fourth-order valence-corrected chi connectivity index (χ4v) is 4.84. The van der Waals surface area contributed by atoms with Gasteiger partial charge in [-0.2, -0.15) is 0 Å². The van der Waals surface area contributed by atoms with Crippen LogP contribution in [0.5, 0.6) is 0 Å². The van der Waals surface area contributed by atoms with Gasteiger partial charge < -0.3 is 19.1 Å². The molecular formula is C25H26N4O2S. The molecule has 0 radical (unpaired) electrons. The number of rotatable bonds is 2. The van der Waals surface area contributed by atoms with Crippen molar-refractivity contribution < 1.29 is 9.53 Å². The Bertz CT molecular complexity index is 1260. The number of amides is 1. The van der Waals surface area contributed by atoms with Crippen molar-refractivity contribution in [1.29, 1.82) is 0 Å². The fraction of sp³-hybridized carbons (Fsp3) is 0.280. The van der Waals surface area contributed by atoms with Crippen LogP contribution in [-0.4, -0.2) is 39.2 Å². The van der Waals surface area contributed by atoms with Gasteiger partial charge >= 0.3 is 6.09 Å². The first-order valence-corrected chi connectivity index (χ1v) is 11.6. The summed E-state index contributed by atoms with van der Waals surface area (Å²) in [4.78, 5) is 21.2. The molecule has 2 aromatic carbocycles. The van der Waals surface area contributed by atoms with Crippen LogP contribution < -0.4 is 4.90 Å². The lowest BCUT2D eigenvalue weighted by Gasteiger charge is -2.27. The minimum absolute atomic E-state index is 0.285. The summed E-state index contributed by atoms with van der Waals surface area (Å²) in [5.74, 6) is 0. The Hall–Kier alpha value is -3.32. The molecule has 32 heavy (non-hydrogen) atoms. The molecule has 0 bridgehead atoms. The first-order chi connectivity index (χ1) is 15.4. The second-order valence-electron chi connectivity index (χ2n) is 8.98. The van der Waals surface area contributed by atoms with Crippen molar-refractivity contribution >= 4 is 38.9 Å². The number of carbonyl (C=O) groups excluding carboxylic acids is 1. The van der Waals surface area contributed by atoms with Crippen LogP contribution in [0.25, 0.3) is 15.8 Å². The molecule has 0 saturated heterocycles. The standard InChI is InChI=1S/C25H26N4O2S/c1-25(2,3)31-24(30)27-11-12-29(21-5-4-18-8-13-32-23(18)15-21)22-7-6-20(14-19(22)16-27)28-10-9-26-17-28/h4-10,13-15,17H,11-12,16H2,1-3H3. The van der Waals surface area contributed by atoms with Crippen molar-refractivity contribution in [2.75, 3.05) is 18.0 Å². The van der Waals surface area contributed by atoms with Gasteiger partial charge in [-0.05, 0) is 73.5 Å². The minimum atomic E-state index is -0.533. The minimum Gasteiger partial charge on any atom is -0.444 e. The largest absolute Gasteiger partial charge is 0.444 e. The van der Waals surface area contributed by atoms with E-state index in [0.717, 1.165) is 22.6 Å². The lowest BCUT2D eigenvalue weighted by atomic mass is 10.1. The lowest BCUT2D eigenvalue weighted by Crippen LogP contribution is -2.38. The van der Waals surface area contributed by atoms with E-state index in [4.69, 9.17) is 4.74 Å². The van der Waals surface area contributed by atoms with Gasteiger partial charge in [0, 0.05) is 47.2 Å². The number of anilines is 2. The first kappa shape index (κ1) is 20.6. The number of fused-ring (bicyclic) bond motifs is 2. The van der Waals surface area contributed by atoms with E-state index in [0.29, 0.717) is 19.6 Å². The molecule has 0 atom stereocenters. The Morgan fingerprint density at radius 3 is 2.69 bits per heavy atom. The molecule has 7 heteroatoms. The molecular weight excluding hydrogens is 420 g/mol. The number of hydrogen-bond acceptors (Lipinski definition) is 5. The molecule has 2 aromatic heterocycles. The van der Waals surface area contributed by atoms with Crippen LogP contribution in [0.1, 0.15) is 26.3 Å². The number of imidazole rings is 1. The molecule has 3 heterocycles. The zero-order valence-electron chi connectivity index (χ0n) is 18.5. The van der Waals surface area contributed by atoms with Gasteiger partial charge in [0.1, 0.15) is 5.60 Å². The number of carbonyl (C=O) groups is 1. The molecule has 0 N–H and O–H groups in total. The van der Waals surface area contributed by atoms with Gasteiger partial charge in [-0.3, -0.25) is 0 Å². The Labute approximate surface area is 191 Å². The maximum absolute atomic E-state index is 12.9. The third kappa shape index (κ3) is 4.08. The highest BCUT2D eigenvalue weighted by Crippen LogP contribution is 2.35. The maximum atomic E-state index is 12.9. The molecule has 1 amide bonds. The molecule has 0 unspecified atom stereocenters. The number of hydrogen-bond donors (Lipinski definition) is 0. The smallest absolute Gasteiger partial charge is 0.410 e. The van der Waals surface area contributed by atoms with Gasteiger partial charge in [0.05, 0.1) is 12.9 Å². The summed E-state index contributed by atoms with van der Waals surface area (Å²) in [5.41, 5.74) is 3.79. The van der Waals surface area contributed by atoms with E-state index in [2.05, 4.69) is 57.7 Å². The SMILES string of the molecule is CC(C)(C)OC(=O)N1CCN(c2ccc3ccsc3c2)c2ccc(-n3ccnc3)cc2C1. The normalized spacial score (nSPS) is 14.3. The molecule has 5 rings (SSSR count). The van der Waals surface area contributed by atoms with Gasteiger partial charge in [-0.25, -0.2) is 9.78 Å². The van der Waals surface area contributed by atoms with E-state index >= 15 is 0 Å². The average molecular weight is 447 g/mol. The van der Waals surface area contributed by atoms with Crippen LogP contribution in [0.15, 0.2) is 66.6 Å². The van der Waals surface area contributed by atoms with Crippen molar-refractivity contribution in [2.24, 2.45) is 0 Å². The zero-order chi connectivity index (χ0) is 22.3. The quantitative estimate of drug-likeness (QED) is 0.380. The molecule has 6 nitrogen and oxygen atoms in total. The van der Waals surface area contributed by atoms with Crippen molar-refractivity contribution in [3.05, 3.63) is 72.1 Å². The predicted molar refractivity (Wildman–Crippen MR) is 129 cm³/mol. The summed E-state index contributed by atoms with van der Waals surface area (Å²) >= 11 is 1.74. The molecule has 0 spiro atoms. The van der Waals surface area contributed by atoms with Gasteiger partial charge in [-0.15, -0.1) is 11.3 Å². The first-order valence-electron chi connectivity index (χ1n) is 10.7. The van der Waals surface area contributed by atoms with Crippen LogP contribution in [0, 0.1) is 0 Å². The molecule has 0 fully saturated rings. The number of nitrogens with zero attached hydrogens (tertiary/aromatic N) is 4.